The number of nitrogens with one attached hydrogen (secondary N) is 1. The molecule has 2 amide bonds. The van der Waals surface area contributed by atoms with Gasteiger partial charge in [-0.1, -0.05) is 26.0 Å². The van der Waals surface area contributed by atoms with Crippen LogP contribution in [0.1, 0.15) is 70.5 Å². The Labute approximate surface area is 195 Å². The SMILES string of the molecule is CC(C)(C)[C@@H](C(=O)N1C[C@H](O)C[C@H]1C(=O)NCC1CCCS(=O)(=O)C1)n1cc(C2CC2)nn1. The van der Waals surface area contributed by atoms with Crippen molar-refractivity contribution in [1.82, 2.24) is 25.2 Å². The summed E-state index contributed by atoms with van der Waals surface area (Å²) in [5.41, 5.74) is 0.395. The Kier molecular flexibility index (Phi) is 6.56. The van der Waals surface area contributed by atoms with Crippen molar-refractivity contribution in [2.24, 2.45) is 11.3 Å². The zero-order valence-corrected chi connectivity index (χ0v) is 20.4. The fourth-order valence-electron chi connectivity index (χ4n) is 4.97. The monoisotopic (exact) mass is 481 g/mol. The maximum absolute atomic E-state index is 13.7. The molecule has 4 rings (SSSR count). The van der Waals surface area contributed by atoms with E-state index in [2.05, 4.69) is 15.6 Å². The number of rotatable bonds is 6. The third-order valence-electron chi connectivity index (χ3n) is 6.83. The predicted molar refractivity (Wildman–Crippen MR) is 121 cm³/mol. The summed E-state index contributed by atoms with van der Waals surface area (Å²) in [7, 11) is -3.06. The van der Waals surface area contributed by atoms with E-state index in [1.165, 1.54) is 4.90 Å². The number of hydrogen-bond acceptors (Lipinski definition) is 7. The molecule has 184 valence electrons. The second kappa shape index (κ2) is 8.98. The first-order valence-electron chi connectivity index (χ1n) is 11.8. The maximum Gasteiger partial charge on any atom is 0.248 e. The average molecular weight is 482 g/mol. The maximum atomic E-state index is 13.7. The summed E-state index contributed by atoms with van der Waals surface area (Å²) in [5.74, 6) is -0.0653. The number of sulfone groups is 1. The first-order chi connectivity index (χ1) is 15.4. The zero-order valence-electron chi connectivity index (χ0n) is 19.6. The van der Waals surface area contributed by atoms with E-state index >= 15 is 0 Å². The first-order valence-corrected chi connectivity index (χ1v) is 13.6. The van der Waals surface area contributed by atoms with Crippen molar-refractivity contribution in [2.75, 3.05) is 24.6 Å². The van der Waals surface area contributed by atoms with Crippen LogP contribution in [0.3, 0.4) is 0 Å². The Hall–Kier alpha value is -2.01. The van der Waals surface area contributed by atoms with Gasteiger partial charge in [-0.25, -0.2) is 13.1 Å². The van der Waals surface area contributed by atoms with Crippen LogP contribution in [-0.4, -0.2) is 82.0 Å². The lowest BCUT2D eigenvalue weighted by atomic mass is 9.85. The summed E-state index contributed by atoms with van der Waals surface area (Å²) in [6.07, 6.45) is 4.70. The Bertz CT molecular complexity index is 997. The molecule has 0 radical (unpaired) electrons. The molecular formula is C22H35N5O5S. The number of nitrogens with zero attached hydrogens (tertiary/aromatic N) is 4. The van der Waals surface area contributed by atoms with Crippen molar-refractivity contribution >= 4 is 21.7 Å². The van der Waals surface area contributed by atoms with Gasteiger partial charge in [-0.15, -0.1) is 5.10 Å². The predicted octanol–water partition coefficient (Wildman–Crippen LogP) is 0.646. The van der Waals surface area contributed by atoms with Crippen molar-refractivity contribution in [3.8, 4) is 0 Å². The van der Waals surface area contributed by atoms with E-state index < -0.39 is 33.4 Å². The highest BCUT2D eigenvalue weighted by molar-refractivity contribution is 7.91. The third kappa shape index (κ3) is 5.56. The normalized spacial score (nSPS) is 28.5. The van der Waals surface area contributed by atoms with Gasteiger partial charge in [0.05, 0.1) is 23.3 Å². The van der Waals surface area contributed by atoms with E-state index in [4.69, 9.17) is 0 Å². The van der Waals surface area contributed by atoms with Gasteiger partial charge < -0.3 is 15.3 Å². The number of β-amino-alcohol motifs (C(OH)–C–C–N with tert-alkyl or cyclic N) is 1. The van der Waals surface area contributed by atoms with Crippen LogP contribution in [0.4, 0.5) is 0 Å². The third-order valence-corrected chi connectivity index (χ3v) is 8.72. The van der Waals surface area contributed by atoms with Crippen LogP contribution in [0.15, 0.2) is 6.20 Å². The van der Waals surface area contributed by atoms with E-state index in [-0.39, 0.29) is 48.7 Å². The molecule has 0 bridgehead atoms. The van der Waals surface area contributed by atoms with Crippen LogP contribution in [0, 0.1) is 11.3 Å². The van der Waals surface area contributed by atoms with Gasteiger partial charge in [0.1, 0.15) is 12.1 Å². The van der Waals surface area contributed by atoms with Gasteiger partial charge in [-0.3, -0.25) is 9.59 Å². The van der Waals surface area contributed by atoms with Gasteiger partial charge in [0.15, 0.2) is 9.84 Å². The van der Waals surface area contributed by atoms with Gasteiger partial charge >= 0.3 is 0 Å². The summed E-state index contributed by atoms with van der Waals surface area (Å²) >= 11 is 0. The Balaban J connectivity index is 1.47. The number of hydrogen-bond donors (Lipinski definition) is 2. The number of aliphatic hydroxyl groups is 1. The lowest BCUT2D eigenvalue weighted by Gasteiger charge is -2.34. The number of likely N-dealkylation sites (tertiary alicyclic amines) is 1. The second-order valence-electron chi connectivity index (χ2n) is 10.9. The molecule has 3 aliphatic rings. The summed E-state index contributed by atoms with van der Waals surface area (Å²) in [6.45, 7) is 6.16. The van der Waals surface area contributed by atoms with Crippen molar-refractivity contribution in [3.63, 3.8) is 0 Å². The second-order valence-corrected chi connectivity index (χ2v) is 13.2. The minimum Gasteiger partial charge on any atom is -0.391 e. The van der Waals surface area contributed by atoms with Gasteiger partial charge in [-0.2, -0.15) is 0 Å². The van der Waals surface area contributed by atoms with Gasteiger partial charge in [-0.05, 0) is 37.0 Å². The summed E-state index contributed by atoms with van der Waals surface area (Å²) < 4.78 is 25.4. The van der Waals surface area contributed by atoms with Crippen LogP contribution in [-0.2, 0) is 19.4 Å². The summed E-state index contributed by atoms with van der Waals surface area (Å²) in [6, 6.07) is -1.47. The van der Waals surface area contributed by atoms with Crippen LogP contribution in [0.5, 0.6) is 0 Å². The number of carbonyl (C=O) groups is 2. The van der Waals surface area contributed by atoms with Crippen LogP contribution in [0.2, 0.25) is 0 Å². The van der Waals surface area contributed by atoms with Crippen LogP contribution in [0.25, 0.3) is 0 Å². The number of aromatic nitrogens is 3. The van der Waals surface area contributed by atoms with E-state index in [0.717, 1.165) is 25.0 Å². The molecule has 1 aromatic heterocycles. The zero-order chi connectivity index (χ0) is 24.0. The largest absolute Gasteiger partial charge is 0.391 e. The molecule has 1 unspecified atom stereocenters. The molecule has 11 heteroatoms. The number of aliphatic hydroxyl groups excluding tert-OH is 1. The molecule has 4 atom stereocenters. The van der Waals surface area contributed by atoms with E-state index in [1.54, 1.807) is 4.68 Å². The molecule has 0 spiro atoms. The Morgan fingerprint density at radius 2 is 2.00 bits per heavy atom. The molecule has 10 nitrogen and oxygen atoms in total. The molecular weight excluding hydrogens is 446 g/mol. The standard InChI is InChI=1S/C22H35N5O5S/c1-22(2,3)19(27-12-17(24-25-27)15-6-7-15)21(30)26-11-16(28)9-18(26)20(29)23-10-14-5-4-8-33(31,32)13-14/h12,14-16,18-19,28H,4-11,13H2,1-3H3,(H,23,29)/t14?,16-,18+,19-/m1/s1. The highest BCUT2D eigenvalue weighted by Gasteiger charge is 2.45. The molecule has 1 aromatic rings. The van der Waals surface area contributed by atoms with E-state index in [9.17, 15) is 23.1 Å². The van der Waals surface area contributed by atoms with Crippen molar-refractivity contribution in [2.45, 2.75) is 77.0 Å². The fraction of sp³-hybridized carbons (Fsp3) is 0.818. The molecule has 2 aliphatic heterocycles. The van der Waals surface area contributed by atoms with Crippen molar-refractivity contribution in [1.29, 1.82) is 0 Å². The van der Waals surface area contributed by atoms with E-state index in [0.29, 0.717) is 12.3 Å². The van der Waals surface area contributed by atoms with Gasteiger partial charge in [0.2, 0.25) is 11.8 Å². The minimum absolute atomic E-state index is 0.0743. The van der Waals surface area contributed by atoms with Gasteiger partial charge in [0.25, 0.3) is 0 Å². The Morgan fingerprint density at radius 3 is 2.64 bits per heavy atom. The van der Waals surface area contributed by atoms with Crippen molar-refractivity contribution < 1.29 is 23.1 Å². The smallest absolute Gasteiger partial charge is 0.248 e. The summed E-state index contributed by atoms with van der Waals surface area (Å²) in [4.78, 5) is 28.2. The fourth-order valence-corrected chi connectivity index (χ4v) is 6.74. The lowest BCUT2D eigenvalue weighted by Crippen LogP contribution is -2.51. The van der Waals surface area contributed by atoms with Crippen LogP contribution < -0.4 is 5.32 Å². The molecule has 2 N–H and O–H groups in total. The molecule has 3 fully saturated rings. The highest BCUT2D eigenvalue weighted by Crippen LogP contribution is 2.40. The highest BCUT2D eigenvalue weighted by atomic mass is 32.2. The minimum atomic E-state index is -3.06. The Morgan fingerprint density at radius 1 is 1.27 bits per heavy atom. The quantitative estimate of drug-likeness (QED) is 0.609. The van der Waals surface area contributed by atoms with Crippen molar-refractivity contribution in [3.05, 3.63) is 11.9 Å². The molecule has 2 saturated heterocycles. The van der Waals surface area contributed by atoms with Crippen LogP contribution >= 0.6 is 0 Å². The number of amides is 2. The average Bonchev–Trinajstić information content (AvgIpc) is 3.32. The first kappa shape index (κ1) is 24.1. The summed E-state index contributed by atoms with van der Waals surface area (Å²) in [5, 5.41) is 21.6. The molecule has 3 heterocycles. The molecule has 1 aliphatic carbocycles. The topological polar surface area (TPSA) is 134 Å². The van der Waals surface area contributed by atoms with E-state index in [1.807, 2.05) is 27.0 Å². The van der Waals surface area contributed by atoms with Gasteiger partial charge in [0, 0.05) is 31.6 Å². The lowest BCUT2D eigenvalue weighted by molar-refractivity contribution is -0.144. The molecule has 0 aromatic carbocycles. The molecule has 33 heavy (non-hydrogen) atoms. The molecule has 1 saturated carbocycles. The number of carbonyl (C=O) groups excluding carboxylic acids is 2.